The van der Waals surface area contributed by atoms with Crippen molar-refractivity contribution in [1.82, 2.24) is 14.7 Å². The number of aromatic nitrogens is 2. The third-order valence-electron chi connectivity index (χ3n) is 6.36. The highest BCUT2D eigenvalue weighted by Gasteiger charge is 2.44. The smallest absolute Gasteiger partial charge is 0.409 e. The summed E-state index contributed by atoms with van der Waals surface area (Å²) in [4.78, 5) is 26.2. The number of hydrogen-bond acceptors (Lipinski definition) is 7. The molecule has 1 saturated heterocycles. The molecule has 10 nitrogen and oxygen atoms in total. The summed E-state index contributed by atoms with van der Waals surface area (Å²) in [6.07, 6.45) is 3.43. The van der Waals surface area contributed by atoms with Crippen molar-refractivity contribution in [3.63, 3.8) is 0 Å². The Kier molecular flexibility index (Phi) is 6.37. The number of nitrogens with two attached hydrogens (primary N) is 1. The number of amides is 2. The van der Waals surface area contributed by atoms with Crippen molar-refractivity contribution < 1.29 is 18.7 Å². The number of anilines is 2. The van der Waals surface area contributed by atoms with Crippen LogP contribution in [0.3, 0.4) is 0 Å². The van der Waals surface area contributed by atoms with E-state index in [1.165, 1.54) is 40.0 Å². The van der Waals surface area contributed by atoms with Gasteiger partial charge in [-0.15, -0.1) is 0 Å². The molecule has 1 aliphatic heterocycles. The van der Waals surface area contributed by atoms with Gasteiger partial charge in [-0.3, -0.25) is 9.48 Å². The molecule has 2 fully saturated rings. The fourth-order valence-electron chi connectivity index (χ4n) is 4.04. The molecule has 4 rings (SSSR count). The van der Waals surface area contributed by atoms with Crippen LogP contribution in [0.4, 0.5) is 20.7 Å². The normalized spacial score (nSPS) is 20.6. The van der Waals surface area contributed by atoms with Crippen LogP contribution in [0.1, 0.15) is 42.1 Å². The molecule has 2 aliphatic rings. The summed E-state index contributed by atoms with van der Waals surface area (Å²) < 4.78 is 20.2. The van der Waals surface area contributed by atoms with Crippen LogP contribution in [0.15, 0.2) is 30.5 Å². The number of nitrogens with zero attached hydrogens (tertiary/aromatic N) is 5. The zero-order chi connectivity index (χ0) is 24.3. The van der Waals surface area contributed by atoms with E-state index in [9.17, 15) is 19.2 Å². The quantitative estimate of drug-likeness (QED) is 0.638. The summed E-state index contributed by atoms with van der Waals surface area (Å²) in [7, 11) is 0. The van der Waals surface area contributed by atoms with E-state index in [2.05, 4.69) is 22.6 Å². The number of nitrogens with one attached hydrogen (secondary N) is 1. The number of primary amides is 1. The standard InChI is InChI=1S/C23H24FN7O3/c24-16-1-3-17(4-2-16)28-21-18(20(27)32)12-31(29-21)19-13-30(10-5-15(19)11-26)22(33)34-14-23(6-7-23)8-9-25/h1-4,12,15,19H,5-8,10,13-14H2,(H2,27,32)(H,28,29)/t15?,19-/m1/s1. The summed E-state index contributed by atoms with van der Waals surface area (Å²) in [5.74, 6) is -1.40. The van der Waals surface area contributed by atoms with Gasteiger partial charge in [-0.2, -0.15) is 15.6 Å². The minimum absolute atomic E-state index is 0.105. The molecular formula is C23H24FN7O3. The van der Waals surface area contributed by atoms with Crippen molar-refractivity contribution in [1.29, 1.82) is 10.5 Å². The van der Waals surface area contributed by atoms with Crippen LogP contribution in [-0.2, 0) is 4.74 Å². The highest BCUT2D eigenvalue weighted by Crippen LogP contribution is 2.48. The first-order valence-electron chi connectivity index (χ1n) is 10.9. The van der Waals surface area contributed by atoms with Crippen LogP contribution in [0, 0.1) is 39.8 Å². The van der Waals surface area contributed by atoms with Gasteiger partial charge in [0.05, 0.1) is 30.7 Å². The molecule has 176 valence electrons. The lowest BCUT2D eigenvalue weighted by atomic mass is 9.93. The van der Waals surface area contributed by atoms with Crippen molar-refractivity contribution in [3.8, 4) is 12.1 Å². The van der Waals surface area contributed by atoms with Gasteiger partial charge in [0.15, 0.2) is 5.82 Å². The Morgan fingerprint density at radius 2 is 2.03 bits per heavy atom. The third-order valence-corrected chi connectivity index (χ3v) is 6.36. The molecular weight excluding hydrogens is 441 g/mol. The summed E-state index contributed by atoms with van der Waals surface area (Å²) in [5, 5.41) is 26.0. The van der Waals surface area contributed by atoms with Gasteiger partial charge < -0.3 is 20.7 Å². The van der Waals surface area contributed by atoms with Crippen LogP contribution >= 0.6 is 0 Å². The molecule has 1 aromatic carbocycles. The van der Waals surface area contributed by atoms with Crippen LogP contribution in [0.2, 0.25) is 0 Å². The van der Waals surface area contributed by atoms with Gasteiger partial charge in [0.25, 0.3) is 5.91 Å². The topological polar surface area (TPSA) is 150 Å². The first-order chi connectivity index (χ1) is 16.3. The maximum Gasteiger partial charge on any atom is 0.409 e. The second-order valence-corrected chi connectivity index (χ2v) is 8.79. The summed E-state index contributed by atoms with van der Waals surface area (Å²) in [6.45, 7) is 0.711. The Morgan fingerprint density at radius 1 is 1.29 bits per heavy atom. The van der Waals surface area contributed by atoms with Crippen LogP contribution < -0.4 is 11.1 Å². The van der Waals surface area contributed by atoms with Gasteiger partial charge in [-0.05, 0) is 43.5 Å². The van der Waals surface area contributed by atoms with Gasteiger partial charge in [0.2, 0.25) is 0 Å². The van der Waals surface area contributed by atoms with E-state index in [4.69, 9.17) is 15.7 Å². The molecule has 1 unspecified atom stereocenters. The number of piperidine rings is 1. The average Bonchev–Trinajstić information content (AvgIpc) is 3.47. The van der Waals surface area contributed by atoms with Gasteiger partial charge in [0.1, 0.15) is 11.4 Å². The Hall–Kier alpha value is -4.12. The third kappa shape index (κ3) is 4.94. The van der Waals surface area contributed by atoms with E-state index in [1.54, 1.807) is 0 Å². The molecule has 34 heavy (non-hydrogen) atoms. The van der Waals surface area contributed by atoms with Crippen molar-refractivity contribution in [3.05, 3.63) is 41.8 Å². The number of carbonyl (C=O) groups excluding carboxylic acids is 2. The second kappa shape index (κ2) is 9.40. The Morgan fingerprint density at radius 3 is 2.65 bits per heavy atom. The maximum absolute atomic E-state index is 13.2. The lowest BCUT2D eigenvalue weighted by Crippen LogP contribution is -2.45. The predicted octanol–water partition coefficient (Wildman–Crippen LogP) is 3.08. The average molecular weight is 465 g/mol. The number of carbonyl (C=O) groups is 2. The maximum atomic E-state index is 13.2. The fraction of sp³-hybridized carbons (Fsp3) is 0.435. The highest BCUT2D eigenvalue weighted by molar-refractivity contribution is 5.98. The zero-order valence-corrected chi connectivity index (χ0v) is 18.4. The number of ether oxygens (including phenoxy) is 1. The van der Waals surface area contributed by atoms with Crippen molar-refractivity contribution in [2.75, 3.05) is 25.0 Å². The highest BCUT2D eigenvalue weighted by atomic mass is 19.1. The Labute approximate surface area is 195 Å². The lowest BCUT2D eigenvalue weighted by molar-refractivity contribution is 0.0624. The lowest BCUT2D eigenvalue weighted by Gasteiger charge is -2.35. The van der Waals surface area contributed by atoms with E-state index < -0.39 is 29.8 Å². The monoisotopic (exact) mass is 465 g/mol. The van der Waals surface area contributed by atoms with E-state index in [0.717, 1.165) is 12.8 Å². The summed E-state index contributed by atoms with van der Waals surface area (Å²) in [6, 6.07) is 9.39. The van der Waals surface area contributed by atoms with Gasteiger partial charge in [0, 0.05) is 36.8 Å². The summed E-state index contributed by atoms with van der Waals surface area (Å²) >= 11 is 0. The molecule has 2 amide bonds. The first kappa shape index (κ1) is 23.1. The molecule has 1 aliphatic carbocycles. The Bertz CT molecular complexity index is 1160. The molecule has 1 aromatic heterocycles. The first-order valence-corrected chi connectivity index (χ1v) is 10.9. The number of likely N-dealkylation sites (tertiary alicyclic amines) is 1. The minimum Gasteiger partial charge on any atom is -0.449 e. The second-order valence-electron chi connectivity index (χ2n) is 8.79. The SMILES string of the molecule is N#CCC1(COC(=O)N2CCC(C#N)[C@H](n3cc(C(N)=O)c(Nc4ccc(F)cc4)n3)C2)CC1. The molecule has 1 saturated carbocycles. The number of benzene rings is 1. The molecule has 2 atom stereocenters. The summed E-state index contributed by atoms with van der Waals surface area (Å²) in [5.41, 5.74) is 5.91. The van der Waals surface area contributed by atoms with Crippen molar-refractivity contribution in [2.24, 2.45) is 17.1 Å². The van der Waals surface area contributed by atoms with Gasteiger partial charge in [-0.25, -0.2) is 9.18 Å². The molecule has 0 spiro atoms. The molecule has 2 heterocycles. The van der Waals surface area contributed by atoms with Gasteiger partial charge in [-0.1, -0.05) is 0 Å². The number of hydrogen-bond donors (Lipinski definition) is 2. The van der Waals surface area contributed by atoms with Gasteiger partial charge >= 0.3 is 6.09 Å². The van der Waals surface area contributed by atoms with Crippen molar-refractivity contribution in [2.45, 2.75) is 31.7 Å². The molecule has 11 heteroatoms. The number of halogens is 1. The van der Waals surface area contributed by atoms with Crippen LogP contribution in [-0.4, -0.2) is 46.4 Å². The fourth-order valence-corrected chi connectivity index (χ4v) is 4.04. The van der Waals surface area contributed by atoms with E-state index in [-0.39, 0.29) is 29.9 Å². The van der Waals surface area contributed by atoms with E-state index in [1.807, 2.05) is 0 Å². The molecule has 0 bridgehead atoms. The number of rotatable bonds is 7. The van der Waals surface area contributed by atoms with E-state index in [0.29, 0.717) is 25.1 Å². The number of nitriles is 2. The van der Waals surface area contributed by atoms with Crippen LogP contribution in [0.25, 0.3) is 0 Å². The Balaban J connectivity index is 1.51. The molecule has 3 N–H and O–H groups in total. The zero-order valence-electron chi connectivity index (χ0n) is 18.4. The van der Waals surface area contributed by atoms with Crippen molar-refractivity contribution >= 4 is 23.5 Å². The minimum atomic E-state index is -0.719. The largest absolute Gasteiger partial charge is 0.449 e. The van der Waals surface area contributed by atoms with Crippen LogP contribution in [0.5, 0.6) is 0 Å². The molecule has 0 radical (unpaired) electrons. The predicted molar refractivity (Wildman–Crippen MR) is 118 cm³/mol. The van der Waals surface area contributed by atoms with E-state index >= 15 is 0 Å². The molecule has 2 aromatic rings.